The minimum Gasteiger partial charge on any atom is -0.445 e. The maximum absolute atomic E-state index is 11.8. The molecule has 14 heteroatoms. The molecule has 228 valence electrons. The van der Waals surface area contributed by atoms with Crippen molar-refractivity contribution in [2.45, 2.75) is 23.7 Å². The van der Waals surface area contributed by atoms with Gasteiger partial charge in [-0.15, -0.1) is 0 Å². The van der Waals surface area contributed by atoms with Crippen molar-refractivity contribution in [2.24, 2.45) is 17.6 Å². The van der Waals surface area contributed by atoms with E-state index in [0.29, 0.717) is 13.1 Å². The second-order valence-corrected chi connectivity index (χ2v) is 14.8. The Balaban J connectivity index is 0.000000230. The van der Waals surface area contributed by atoms with E-state index in [1.54, 1.807) is 6.07 Å². The van der Waals surface area contributed by atoms with Gasteiger partial charge in [0.1, 0.15) is 13.2 Å². The number of likely N-dealkylation sites (tertiary alicyclic amines) is 2. The zero-order valence-electron chi connectivity index (χ0n) is 23.5. The highest BCUT2D eigenvalue weighted by Gasteiger charge is 2.42. The van der Waals surface area contributed by atoms with Crippen molar-refractivity contribution in [1.29, 1.82) is 5.26 Å². The van der Waals surface area contributed by atoms with Crippen LogP contribution in [-0.4, -0.2) is 94.6 Å². The first-order valence-electron chi connectivity index (χ1n) is 13.2. The van der Waals surface area contributed by atoms with Gasteiger partial charge in [-0.1, -0.05) is 60.7 Å². The van der Waals surface area contributed by atoms with Gasteiger partial charge in [-0.05, 0) is 11.1 Å². The maximum atomic E-state index is 11.8. The lowest BCUT2D eigenvalue weighted by molar-refractivity contribution is 0.0487. The molecule has 2 heterocycles. The van der Waals surface area contributed by atoms with Crippen molar-refractivity contribution >= 4 is 31.9 Å². The van der Waals surface area contributed by atoms with Crippen molar-refractivity contribution in [3.63, 3.8) is 0 Å². The van der Waals surface area contributed by atoms with E-state index in [0.717, 1.165) is 17.4 Å². The number of hydrogen-bond donors (Lipinski definition) is 1. The molecule has 2 N–H and O–H groups in total. The number of nitriles is 1. The van der Waals surface area contributed by atoms with Gasteiger partial charge >= 0.3 is 12.2 Å². The summed E-state index contributed by atoms with van der Waals surface area (Å²) < 4.78 is 56.3. The van der Waals surface area contributed by atoms with E-state index in [4.69, 9.17) is 20.5 Å². The summed E-state index contributed by atoms with van der Waals surface area (Å²) in [5, 5.41) is 7.26. The number of amides is 2. The molecule has 2 amide bonds. The maximum Gasteiger partial charge on any atom is 0.410 e. The molecule has 0 saturated carbocycles. The third kappa shape index (κ3) is 9.17. The van der Waals surface area contributed by atoms with Gasteiger partial charge < -0.3 is 25.0 Å². The molecular formula is C28H36N4O8S2. The lowest BCUT2D eigenvalue weighted by atomic mass is 9.96. The average Bonchev–Trinajstić information content (AvgIpc) is 2.89. The summed E-state index contributed by atoms with van der Waals surface area (Å²) in [4.78, 5) is 26.5. The van der Waals surface area contributed by atoms with E-state index < -0.39 is 42.4 Å². The predicted molar refractivity (Wildman–Crippen MR) is 155 cm³/mol. The first-order chi connectivity index (χ1) is 19.8. The third-order valence-electron chi connectivity index (χ3n) is 7.07. The fraction of sp³-hybridized carbons (Fsp3) is 0.464. The minimum absolute atomic E-state index is 0.0798. The summed E-state index contributed by atoms with van der Waals surface area (Å²) in [6.07, 6.45) is 1.32. The lowest BCUT2D eigenvalue weighted by Gasteiger charge is -2.41. The molecule has 2 unspecified atom stereocenters. The second kappa shape index (κ2) is 14.5. The molecule has 2 aromatic rings. The van der Waals surface area contributed by atoms with Gasteiger partial charge in [0.2, 0.25) is 0 Å². The number of carbonyl (C=O) groups is 2. The van der Waals surface area contributed by atoms with E-state index in [2.05, 4.69) is 0 Å². The largest absolute Gasteiger partial charge is 0.445 e. The van der Waals surface area contributed by atoms with Crippen LogP contribution in [0, 0.1) is 23.2 Å². The molecule has 0 aromatic heterocycles. The molecule has 2 fully saturated rings. The van der Waals surface area contributed by atoms with Crippen LogP contribution in [0.1, 0.15) is 11.1 Å². The van der Waals surface area contributed by atoms with Crippen LogP contribution >= 0.6 is 0 Å². The first-order valence-corrected chi connectivity index (χ1v) is 17.1. The van der Waals surface area contributed by atoms with Crippen LogP contribution in [0.4, 0.5) is 9.59 Å². The van der Waals surface area contributed by atoms with Crippen LogP contribution in [0.3, 0.4) is 0 Å². The highest BCUT2D eigenvalue weighted by Crippen LogP contribution is 2.25. The smallest absolute Gasteiger partial charge is 0.410 e. The van der Waals surface area contributed by atoms with Crippen LogP contribution in [-0.2, 0) is 42.4 Å². The molecule has 0 spiro atoms. The Morgan fingerprint density at radius 2 is 1.21 bits per heavy atom. The van der Waals surface area contributed by atoms with E-state index in [1.807, 2.05) is 60.7 Å². The zero-order chi connectivity index (χ0) is 30.9. The van der Waals surface area contributed by atoms with E-state index in [-0.39, 0.29) is 44.7 Å². The number of rotatable bonds is 9. The predicted octanol–water partition coefficient (Wildman–Crippen LogP) is 1.82. The molecule has 2 aliphatic heterocycles. The monoisotopic (exact) mass is 620 g/mol. The molecule has 2 atom stereocenters. The van der Waals surface area contributed by atoms with Crippen molar-refractivity contribution in [3.8, 4) is 6.07 Å². The van der Waals surface area contributed by atoms with Gasteiger partial charge in [0, 0.05) is 57.1 Å². The van der Waals surface area contributed by atoms with Crippen LogP contribution < -0.4 is 5.73 Å². The quantitative estimate of drug-likeness (QED) is 0.435. The fourth-order valence-electron chi connectivity index (χ4n) is 4.64. The van der Waals surface area contributed by atoms with Gasteiger partial charge in [0.05, 0.1) is 11.3 Å². The Morgan fingerprint density at radius 3 is 1.55 bits per heavy atom. The normalized spacial score (nSPS) is 16.9. The number of nitrogens with two attached hydrogens (primary N) is 1. The molecular weight excluding hydrogens is 584 g/mol. The Kier molecular flexibility index (Phi) is 11.3. The van der Waals surface area contributed by atoms with Crippen LogP contribution in [0.2, 0.25) is 0 Å². The molecule has 4 rings (SSSR count). The minimum atomic E-state index is -3.42. The Labute approximate surface area is 246 Å². The van der Waals surface area contributed by atoms with E-state index in [1.165, 1.54) is 16.1 Å². The molecule has 2 aromatic carbocycles. The Morgan fingerprint density at radius 1 is 0.810 bits per heavy atom. The summed E-state index contributed by atoms with van der Waals surface area (Å²) in [5.41, 5.74) is 7.31. The fourth-order valence-corrected chi connectivity index (χ4v) is 6.92. The second-order valence-electron chi connectivity index (χ2n) is 10.4. The lowest BCUT2D eigenvalue weighted by Crippen LogP contribution is -2.57. The standard InChI is InChI=1S/C14H20N2O4S.C14H16N2O4S/c2*1-21(18,19)13(7-15)12-8-16(9-12)14(17)20-10-11-5-3-2-4-6-11/h2-6,12-13H,7-10,15H2,1H3;2-6,12-13H,8-10H2,1H3. The Hall–Kier alpha value is -3.67. The SMILES string of the molecule is CS(=O)(=O)C(C#N)C1CN(C(=O)OCc2ccccc2)C1.CS(=O)(=O)C(CN)C1CN(C(=O)OCc2ccccc2)C1. The number of sulfone groups is 2. The van der Waals surface area contributed by atoms with Crippen LogP contribution in [0.15, 0.2) is 60.7 Å². The van der Waals surface area contributed by atoms with Crippen molar-refractivity contribution in [3.05, 3.63) is 71.8 Å². The van der Waals surface area contributed by atoms with Gasteiger partial charge in [0.25, 0.3) is 0 Å². The first kappa shape index (κ1) is 32.8. The molecule has 2 saturated heterocycles. The summed E-state index contributed by atoms with van der Waals surface area (Å²) in [5.74, 6) is -0.441. The zero-order valence-corrected chi connectivity index (χ0v) is 25.2. The summed E-state index contributed by atoms with van der Waals surface area (Å²) in [6, 6.07) is 20.5. The molecule has 0 bridgehead atoms. The average molecular weight is 621 g/mol. The van der Waals surface area contributed by atoms with Gasteiger partial charge in [0.15, 0.2) is 24.9 Å². The van der Waals surface area contributed by atoms with Crippen molar-refractivity contribution < 1.29 is 35.9 Å². The highest BCUT2D eigenvalue weighted by molar-refractivity contribution is 7.91. The molecule has 42 heavy (non-hydrogen) atoms. The van der Waals surface area contributed by atoms with Crippen molar-refractivity contribution in [2.75, 3.05) is 45.2 Å². The van der Waals surface area contributed by atoms with E-state index >= 15 is 0 Å². The number of carbonyl (C=O) groups excluding carboxylic acids is 2. The molecule has 2 aliphatic rings. The summed E-state index contributed by atoms with van der Waals surface area (Å²) in [7, 11) is -6.60. The number of benzene rings is 2. The van der Waals surface area contributed by atoms with Gasteiger partial charge in [-0.25, -0.2) is 26.4 Å². The number of ether oxygens (including phenoxy) is 2. The molecule has 0 radical (unpaired) electrons. The Bertz CT molecular complexity index is 1450. The third-order valence-corrected chi connectivity index (χ3v) is 10.2. The van der Waals surface area contributed by atoms with E-state index in [9.17, 15) is 26.4 Å². The van der Waals surface area contributed by atoms with Gasteiger partial charge in [-0.2, -0.15) is 5.26 Å². The van der Waals surface area contributed by atoms with Gasteiger partial charge in [-0.3, -0.25) is 0 Å². The molecule has 0 aliphatic carbocycles. The summed E-state index contributed by atoms with van der Waals surface area (Å²) >= 11 is 0. The highest BCUT2D eigenvalue weighted by atomic mass is 32.2. The van der Waals surface area contributed by atoms with Crippen molar-refractivity contribution in [1.82, 2.24) is 9.80 Å². The van der Waals surface area contributed by atoms with Crippen LogP contribution in [0.5, 0.6) is 0 Å². The molecule has 12 nitrogen and oxygen atoms in total. The number of nitrogens with zero attached hydrogens (tertiary/aromatic N) is 3. The van der Waals surface area contributed by atoms with Crippen LogP contribution in [0.25, 0.3) is 0 Å². The summed E-state index contributed by atoms with van der Waals surface area (Å²) in [6.45, 7) is 1.70. The topological polar surface area (TPSA) is 177 Å². The number of hydrogen-bond acceptors (Lipinski definition) is 10.